The van der Waals surface area contributed by atoms with Gasteiger partial charge in [0.2, 0.25) is 17.6 Å². The summed E-state index contributed by atoms with van der Waals surface area (Å²) in [6.45, 7) is 8.71. The quantitative estimate of drug-likeness (QED) is 0.513. The highest BCUT2D eigenvalue weighted by atomic mass is 16.5. The summed E-state index contributed by atoms with van der Waals surface area (Å²) in [6.07, 6.45) is 5.51. The fourth-order valence-electron chi connectivity index (χ4n) is 4.96. The van der Waals surface area contributed by atoms with Crippen LogP contribution in [0.4, 0.5) is 0 Å². The van der Waals surface area contributed by atoms with Crippen molar-refractivity contribution in [2.24, 2.45) is 11.8 Å². The van der Waals surface area contributed by atoms with Crippen molar-refractivity contribution in [3.8, 4) is 22.9 Å². The van der Waals surface area contributed by atoms with Gasteiger partial charge in [-0.05, 0) is 82.4 Å². The summed E-state index contributed by atoms with van der Waals surface area (Å²) in [5.74, 6) is 3.35. The first-order valence-corrected chi connectivity index (χ1v) is 12.8. The number of piperidine rings is 2. The number of nitrogens with one attached hydrogen (secondary N) is 1. The van der Waals surface area contributed by atoms with E-state index in [4.69, 9.17) is 14.0 Å². The summed E-state index contributed by atoms with van der Waals surface area (Å²) in [6, 6.07) is 5.54. The molecule has 35 heavy (non-hydrogen) atoms. The van der Waals surface area contributed by atoms with Crippen molar-refractivity contribution in [1.82, 2.24) is 25.3 Å². The highest BCUT2D eigenvalue weighted by Gasteiger charge is 2.27. The molecule has 9 nitrogen and oxygen atoms in total. The van der Waals surface area contributed by atoms with E-state index in [9.17, 15) is 4.79 Å². The Hall–Kier alpha value is -2.65. The zero-order valence-corrected chi connectivity index (χ0v) is 21.3. The molecular formula is C26H39N5O4. The maximum Gasteiger partial charge on any atom is 0.241 e. The van der Waals surface area contributed by atoms with Gasteiger partial charge in [-0.1, -0.05) is 12.1 Å². The molecule has 1 amide bonds. The number of hydrogen-bond acceptors (Lipinski definition) is 8. The smallest absolute Gasteiger partial charge is 0.241 e. The van der Waals surface area contributed by atoms with E-state index in [1.807, 2.05) is 18.2 Å². The molecule has 3 heterocycles. The van der Waals surface area contributed by atoms with Gasteiger partial charge < -0.3 is 24.2 Å². The average Bonchev–Trinajstić information content (AvgIpc) is 3.35. The second-order valence-electron chi connectivity index (χ2n) is 9.82. The van der Waals surface area contributed by atoms with Crippen molar-refractivity contribution < 1.29 is 18.8 Å². The van der Waals surface area contributed by atoms with Crippen LogP contribution in [-0.4, -0.2) is 79.3 Å². The first-order valence-electron chi connectivity index (χ1n) is 12.8. The molecule has 1 aromatic carbocycles. The van der Waals surface area contributed by atoms with Crippen LogP contribution in [0.5, 0.6) is 11.5 Å². The molecule has 1 aromatic heterocycles. The highest BCUT2D eigenvalue weighted by Crippen LogP contribution is 2.31. The van der Waals surface area contributed by atoms with Crippen molar-refractivity contribution in [1.29, 1.82) is 0 Å². The number of aromatic nitrogens is 2. The lowest BCUT2D eigenvalue weighted by atomic mass is 9.97. The Kier molecular flexibility index (Phi) is 8.98. The van der Waals surface area contributed by atoms with Gasteiger partial charge in [-0.15, -0.1) is 0 Å². The Morgan fingerprint density at radius 3 is 2.69 bits per heavy atom. The molecule has 2 saturated heterocycles. The SMILES string of the molecule is COc1ccc(-c2noc(CN3CCCC(C(=O)NCCCN4CCC(C)CC4)C3)n2)cc1OC. The predicted molar refractivity (Wildman–Crippen MR) is 133 cm³/mol. The average molecular weight is 486 g/mol. The second kappa shape index (κ2) is 12.4. The van der Waals surface area contributed by atoms with Gasteiger partial charge in [0.25, 0.3) is 0 Å². The van der Waals surface area contributed by atoms with Gasteiger partial charge in [-0.2, -0.15) is 4.98 Å². The topological polar surface area (TPSA) is 93.0 Å². The van der Waals surface area contributed by atoms with Gasteiger partial charge in [-0.25, -0.2) is 0 Å². The maximum absolute atomic E-state index is 12.8. The van der Waals surface area contributed by atoms with E-state index in [1.54, 1.807) is 14.2 Å². The van der Waals surface area contributed by atoms with Crippen LogP contribution in [0.2, 0.25) is 0 Å². The van der Waals surface area contributed by atoms with Crippen LogP contribution >= 0.6 is 0 Å². The lowest BCUT2D eigenvalue weighted by Gasteiger charge is -2.31. The van der Waals surface area contributed by atoms with Crippen LogP contribution in [0.15, 0.2) is 22.7 Å². The summed E-state index contributed by atoms with van der Waals surface area (Å²) in [4.78, 5) is 22.1. The first-order chi connectivity index (χ1) is 17.1. The van der Waals surface area contributed by atoms with E-state index in [-0.39, 0.29) is 11.8 Å². The van der Waals surface area contributed by atoms with Gasteiger partial charge in [-0.3, -0.25) is 9.69 Å². The molecule has 0 bridgehead atoms. The molecule has 192 valence electrons. The number of carbonyl (C=O) groups excluding carboxylic acids is 1. The summed E-state index contributed by atoms with van der Waals surface area (Å²) in [7, 11) is 3.20. The minimum Gasteiger partial charge on any atom is -0.493 e. The second-order valence-corrected chi connectivity index (χ2v) is 9.82. The molecule has 2 aliphatic heterocycles. The van der Waals surface area contributed by atoms with Crippen molar-refractivity contribution in [3.05, 3.63) is 24.1 Å². The molecule has 0 saturated carbocycles. The van der Waals surface area contributed by atoms with Crippen LogP contribution in [-0.2, 0) is 11.3 Å². The Labute approximate surface area is 208 Å². The van der Waals surface area contributed by atoms with Crippen molar-refractivity contribution in [2.45, 2.75) is 45.6 Å². The van der Waals surface area contributed by atoms with Crippen LogP contribution in [0.3, 0.4) is 0 Å². The van der Waals surface area contributed by atoms with Gasteiger partial charge in [0.1, 0.15) is 0 Å². The molecule has 0 spiro atoms. The maximum atomic E-state index is 12.8. The number of amides is 1. The molecule has 9 heteroatoms. The molecule has 2 aromatic rings. The fourth-order valence-corrected chi connectivity index (χ4v) is 4.96. The van der Waals surface area contributed by atoms with Crippen LogP contribution in [0, 0.1) is 11.8 Å². The van der Waals surface area contributed by atoms with E-state index < -0.39 is 0 Å². The number of benzene rings is 1. The number of likely N-dealkylation sites (tertiary alicyclic amines) is 2. The first kappa shape index (κ1) is 25.4. The number of carbonyl (C=O) groups is 1. The minimum atomic E-state index is 0.00725. The molecule has 1 unspecified atom stereocenters. The number of methoxy groups -OCH3 is 2. The normalized spacial score (nSPS) is 20.0. The van der Waals surface area contributed by atoms with Gasteiger partial charge in [0, 0.05) is 18.7 Å². The van der Waals surface area contributed by atoms with E-state index in [2.05, 4.69) is 32.2 Å². The summed E-state index contributed by atoms with van der Waals surface area (Å²) in [5.41, 5.74) is 0.799. The molecular weight excluding hydrogens is 446 g/mol. The Bertz CT molecular complexity index is 957. The van der Waals surface area contributed by atoms with E-state index >= 15 is 0 Å². The minimum absolute atomic E-state index is 0.00725. The Morgan fingerprint density at radius 2 is 1.91 bits per heavy atom. The van der Waals surface area contributed by atoms with Crippen molar-refractivity contribution >= 4 is 5.91 Å². The van der Waals surface area contributed by atoms with Crippen LogP contribution in [0.1, 0.15) is 44.9 Å². The molecule has 0 aliphatic carbocycles. The number of ether oxygens (including phenoxy) is 2. The van der Waals surface area contributed by atoms with Gasteiger partial charge >= 0.3 is 0 Å². The van der Waals surface area contributed by atoms with E-state index in [0.29, 0.717) is 36.3 Å². The molecule has 2 fully saturated rings. The lowest BCUT2D eigenvalue weighted by molar-refractivity contribution is -0.126. The highest BCUT2D eigenvalue weighted by molar-refractivity contribution is 5.78. The monoisotopic (exact) mass is 485 g/mol. The van der Waals surface area contributed by atoms with Crippen molar-refractivity contribution in [3.63, 3.8) is 0 Å². The predicted octanol–water partition coefficient (Wildman–Crippen LogP) is 3.20. The van der Waals surface area contributed by atoms with Crippen molar-refractivity contribution in [2.75, 3.05) is 53.5 Å². The molecule has 1 atom stereocenters. The van der Waals surface area contributed by atoms with E-state index in [0.717, 1.165) is 50.4 Å². The standard InChI is InChI=1S/C26H39N5O4/c1-19-9-14-30(15-10-19)13-5-11-27-26(32)21-6-4-12-31(17-21)18-24-28-25(29-35-24)20-7-8-22(33-2)23(16-20)34-3/h7-8,16,19,21H,4-6,9-15,17-18H2,1-3H3,(H,27,32). The molecule has 2 aliphatic rings. The molecule has 0 radical (unpaired) electrons. The zero-order valence-electron chi connectivity index (χ0n) is 21.3. The number of hydrogen-bond donors (Lipinski definition) is 1. The Morgan fingerprint density at radius 1 is 1.11 bits per heavy atom. The third-order valence-corrected chi connectivity index (χ3v) is 7.17. The molecule has 4 rings (SSSR count). The summed E-state index contributed by atoms with van der Waals surface area (Å²) in [5, 5.41) is 7.30. The number of rotatable bonds is 10. The third kappa shape index (κ3) is 6.95. The fraction of sp³-hybridized carbons (Fsp3) is 0.654. The Balaban J connectivity index is 1.23. The van der Waals surface area contributed by atoms with E-state index in [1.165, 1.54) is 25.9 Å². The summed E-state index contributed by atoms with van der Waals surface area (Å²) < 4.78 is 16.2. The molecule has 1 N–H and O–H groups in total. The lowest BCUT2D eigenvalue weighted by Crippen LogP contribution is -2.43. The largest absolute Gasteiger partial charge is 0.493 e. The van der Waals surface area contributed by atoms with Crippen LogP contribution < -0.4 is 14.8 Å². The van der Waals surface area contributed by atoms with Gasteiger partial charge in [0.15, 0.2) is 11.5 Å². The third-order valence-electron chi connectivity index (χ3n) is 7.17. The zero-order chi connectivity index (χ0) is 24.6. The summed E-state index contributed by atoms with van der Waals surface area (Å²) >= 11 is 0. The number of nitrogens with zero attached hydrogens (tertiary/aromatic N) is 4. The van der Waals surface area contributed by atoms with Crippen LogP contribution in [0.25, 0.3) is 11.4 Å². The van der Waals surface area contributed by atoms with Gasteiger partial charge in [0.05, 0.1) is 26.7 Å².